The van der Waals surface area contributed by atoms with Gasteiger partial charge in [-0.2, -0.15) is 0 Å². The summed E-state index contributed by atoms with van der Waals surface area (Å²) in [6.07, 6.45) is 1.43. The van der Waals surface area contributed by atoms with Gasteiger partial charge in [-0.25, -0.2) is 0 Å². The molecule has 1 aromatic rings. The van der Waals surface area contributed by atoms with E-state index in [4.69, 9.17) is 0 Å². The van der Waals surface area contributed by atoms with Crippen molar-refractivity contribution < 1.29 is 5.11 Å². The molecule has 2 atom stereocenters. The maximum absolute atomic E-state index is 9.36. The van der Waals surface area contributed by atoms with Crippen LogP contribution in [0.1, 0.15) is 31.0 Å². The first-order valence-corrected chi connectivity index (χ1v) is 4.22. The molecule has 0 fully saturated rings. The molecule has 0 saturated heterocycles. The van der Waals surface area contributed by atoms with Crippen LogP contribution >= 0.6 is 0 Å². The fourth-order valence-electron chi connectivity index (χ4n) is 1.20. The highest BCUT2D eigenvalue weighted by atomic mass is 16.3. The van der Waals surface area contributed by atoms with Gasteiger partial charge < -0.3 is 5.11 Å². The Morgan fingerprint density at radius 2 is 2.08 bits per heavy atom. The van der Waals surface area contributed by atoms with E-state index in [2.05, 4.69) is 4.98 Å². The van der Waals surface area contributed by atoms with Crippen LogP contribution < -0.4 is 0 Å². The Bertz CT molecular complexity index is 258. The number of rotatable bonds is 2. The lowest BCUT2D eigenvalue weighted by Gasteiger charge is -2.15. The highest BCUT2D eigenvalue weighted by Gasteiger charge is 2.14. The molecule has 0 aliphatic heterocycles. The molecule has 1 rings (SSSR count). The number of aryl methyl sites for hydroxylation is 1. The van der Waals surface area contributed by atoms with Crippen molar-refractivity contribution in [1.29, 1.82) is 0 Å². The zero-order chi connectivity index (χ0) is 9.14. The zero-order valence-electron chi connectivity index (χ0n) is 7.78. The number of pyridine rings is 1. The Balaban J connectivity index is 2.94. The second-order valence-electron chi connectivity index (χ2n) is 3.23. The van der Waals surface area contributed by atoms with E-state index in [-0.39, 0.29) is 12.0 Å². The van der Waals surface area contributed by atoms with E-state index >= 15 is 0 Å². The minimum atomic E-state index is -0.335. The minimum absolute atomic E-state index is 0.117. The first-order chi connectivity index (χ1) is 5.63. The summed E-state index contributed by atoms with van der Waals surface area (Å²) in [5, 5.41) is 9.36. The number of nitrogens with zero attached hydrogens (tertiary/aromatic N) is 1. The lowest BCUT2D eigenvalue weighted by Crippen LogP contribution is -2.13. The third-order valence-corrected chi connectivity index (χ3v) is 2.20. The van der Waals surface area contributed by atoms with Crippen molar-refractivity contribution in [3.8, 4) is 0 Å². The van der Waals surface area contributed by atoms with Crippen LogP contribution in [0.3, 0.4) is 0 Å². The molecule has 1 aromatic heterocycles. The van der Waals surface area contributed by atoms with Crippen LogP contribution in [0.4, 0.5) is 0 Å². The van der Waals surface area contributed by atoms with Crippen molar-refractivity contribution in [2.24, 2.45) is 0 Å². The van der Waals surface area contributed by atoms with E-state index in [9.17, 15) is 5.11 Å². The fraction of sp³-hybridized carbons (Fsp3) is 0.500. The molecule has 2 unspecified atom stereocenters. The topological polar surface area (TPSA) is 33.1 Å². The van der Waals surface area contributed by atoms with Gasteiger partial charge in [-0.15, -0.1) is 0 Å². The second-order valence-corrected chi connectivity index (χ2v) is 3.23. The third kappa shape index (κ3) is 1.83. The highest BCUT2D eigenvalue weighted by molar-refractivity contribution is 5.21. The highest BCUT2D eigenvalue weighted by Crippen LogP contribution is 2.19. The van der Waals surface area contributed by atoms with Crippen molar-refractivity contribution in [3.05, 3.63) is 29.6 Å². The number of hydrogen-bond donors (Lipinski definition) is 1. The predicted molar refractivity (Wildman–Crippen MR) is 49.1 cm³/mol. The summed E-state index contributed by atoms with van der Waals surface area (Å²) in [5.74, 6) is 0.117. The molecule has 0 aromatic carbocycles. The van der Waals surface area contributed by atoms with Crippen LogP contribution in [-0.2, 0) is 0 Å². The van der Waals surface area contributed by atoms with E-state index in [1.54, 1.807) is 13.1 Å². The summed E-state index contributed by atoms with van der Waals surface area (Å²) in [4.78, 5) is 4.24. The van der Waals surface area contributed by atoms with E-state index < -0.39 is 0 Å². The van der Waals surface area contributed by atoms with Gasteiger partial charge in [-0.05, 0) is 25.5 Å². The van der Waals surface area contributed by atoms with Crippen molar-refractivity contribution in [2.45, 2.75) is 32.8 Å². The van der Waals surface area contributed by atoms with Crippen LogP contribution in [-0.4, -0.2) is 16.2 Å². The van der Waals surface area contributed by atoms with Crippen molar-refractivity contribution in [2.75, 3.05) is 0 Å². The summed E-state index contributed by atoms with van der Waals surface area (Å²) >= 11 is 0. The molecule has 0 saturated carbocycles. The molecule has 1 heterocycles. The van der Waals surface area contributed by atoms with Crippen LogP contribution in [0.2, 0.25) is 0 Å². The summed E-state index contributed by atoms with van der Waals surface area (Å²) in [6, 6.07) is 3.93. The first-order valence-electron chi connectivity index (χ1n) is 4.22. The van der Waals surface area contributed by atoms with Gasteiger partial charge in [0.15, 0.2) is 0 Å². The molecule has 0 aliphatic rings. The summed E-state index contributed by atoms with van der Waals surface area (Å²) in [5.41, 5.74) is 2.14. The van der Waals surface area contributed by atoms with Gasteiger partial charge in [0.05, 0.1) is 6.10 Å². The summed E-state index contributed by atoms with van der Waals surface area (Å²) in [6.45, 7) is 5.79. The predicted octanol–water partition coefficient (Wildman–Crippen LogP) is 1.87. The molecule has 2 nitrogen and oxygen atoms in total. The number of aromatic nitrogens is 1. The van der Waals surface area contributed by atoms with E-state index in [1.807, 2.05) is 26.0 Å². The Hall–Kier alpha value is -0.890. The van der Waals surface area contributed by atoms with Crippen molar-refractivity contribution in [1.82, 2.24) is 4.98 Å². The van der Waals surface area contributed by atoms with Gasteiger partial charge in [-0.1, -0.05) is 13.0 Å². The molecule has 0 amide bonds. The maximum Gasteiger partial charge on any atom is 0.0593 e. The largest absolute Gasteiger partial charge is 0.393 e. The van der Waals surface area contributed by atoms with Gasteiger partial charge in [-0.3, -0.25) is 4.98 Å². The van der Waals surface area contributed by atoms with Crippen LogP contribution in [0.15, 0.2) is 18.3 Å². The minimum Gasteiger partial charge on any atom is -0.393 e. The monoisotopic (exact) mass is 165 g/mol. The molecular formula is C10H15NO. The third-order valence-electron chi connectivity index (χ3n) is 2.20. The molecular weight excluding hydrogens is 150 g/mol. The van der Waals surface area contributed by atoms with Crippen molar-refractivity contribution >= 4 is 0 Å². The molecule has 0 aliphatic carbocycles. The molecule has 0 bridgehead atoms. The molecule has 0 radical (unpaired) electrons. The molecule has 2 heteroatoms. The Labute approximate surface area is 73.3 Å². The quantitative estimate of drug-likeness (QED) is 0.725. The maximum atomic E-state index is 9.36. The summed E-state index contributed by atoms with van der Waals surface area (Å²) < 4.78 is 0. The van der Waals surface area contributed by atoms with Crippen LogP contribution in [0.5, 0.6) is 0 Å². The lowest BCUT2D eigenvalue weighted by molar-refractivity contribution is 0.167. The van der Waals surface area contributed by atoms with Crippen LogP contribution in [0, 0.1) is 6.92 Å². The van der Waals surface area contributed by atoms with E-state index in [0.29, 0.717) is 0 Å². The zero-order valence-corrected chi connectivity index (χ0v) is 7.78. The average Bonchev–Trinajstić information content (AvgIpc) is 2.04. The summed E-state index contributed by atoms with van der Waals surface area (Å²) in [7, 11) is 0. The SMILES string of the molecule is Cc1cccnc1C(C)C(C)O. The van der Waals surface area contributed by atoms with Gasteiger partial charge in [0.2, 0.25) is 0 Å². The number of hydrogen-bond acceptors (Lipinski definition) is 2. The normalized spacial score (nSPS) is 15.7. The van der Waals surface area contributed by atoms with Gasteiger partial charge >= 0.3 is 0 Å². The first kappa shape index (κ1) is 9.20. The molecule has 66 valence electrons. The smallest absolute Gasteiger partial charge is 0.0593 e. The average molecular weight is 165 g/mol. The molecule has 12 heavy (non-hydrogen) atoms. The Morgan fingerprint density at radius 3 is 2.58 bits per heavy atom. The van der Waals surface area contributed by atoms with E-state index in [0.717, 1.165) is 11.3 Å². The number of aliphatic hydroxyl groups excluding tert-OH is 1. The standard InChI is InChI=1S/C10H15NO/c1-7-5-4-6-11-10(7)8(2)9(3)12/h4-6,8-9,12H,1-3H3. The van der Waals surface area contributed by atoms with E-state index in [1.165, 1.54) is 0 Å². The molecule has 1 N–H and O–H groups in total. The Morgan fingerprint density at radius 1 is 1.42 bits per heavy atom. The lowest BCUT2D eigenvalue weighted by atomic mass is 9.98. The molecule has 0 spiro atoms. The second kappa shape index (κ2) is 3.68. The van der Waals surface area contributed by atoms with Crippen molar-refractivity contribution in [3.63, 3.8) is 0 Å². The van der Waals surface area contributed by atoms with Gasteiger partial charge in [0.1, 0.15) is 0 Å². The van der Waals surface area contributed by atoms with Crippen LogP contribution in [0.25, 0.3) is 0 Å². The van der Waals surface area contributed by atoms with Gasteiger partial charge in [0, 0.05) is 17.8 Å². The fourth-order valence-corrected chi connectivity index (χ4v) is 1.20. The Kier molecular flexibility index (Phi) is 2.82. The van der Waals surface area contributed by atoms with Gasteiger partial charge in [0.25, 0.3) is 0 Å². The number of aliphatic hydroxyl groups is 1.